The van der Waals surface area contributed by atoms with E-state index in [9.17, 15) is 14.4 Å². The Kier molecular flexibility index (Phi) is 9.22. The monoisotopic (exact) mass is 586 g/mol. The van der Waals surface area contributed by atoms with Gasteiger partial charge in [-0.25, -0.2) is 0 Å². The number of hydrogen-bond acceptors (Lipinski definition) is 5. The number of benzene rings is 2. The first kappa shape index (κ1) is 30.0. The minimum Gasteiger partial charge on any atom is -0.481 e. The van der Waals surface area contributed by atoms with Crippen molar-refractivity contribution < 1.29 is 19.5 Å². The van der Waals surface area contributed by atoms with E-state index in [1.807, 2.05) is 17.0 Å². The van der Waals surface area contributed by atoms with E-state index in [2.05, 4.69) is 31.4 Å². The van der Waals surface area contributed by atoms with Crippen LogP contribution in [0, 0.1) is 5.41 Å². The lowest BCUT2D eigenvalue weighted by molar-refractivity contribution is -0.137. The molecule has 0 saturated carbocycles. The van der Waals surface area contributed by atoms with Gasteiger partial charge in [0.2, 0.25) is 0 Å². The number of piperidine rings is 1. The highest BCUT2D eigenvalue weighted by atomic mass is 35.5. The molecule has 2 aromatic rings. The number of carboxylic acids is 1. The molecule has 2 aromatic carbocycles. The lowest BCUT2D eigenvalue weighted by Crippen LogP contribution is -2.54. The summed E-state index contributed by atoms with van der Waals surface area (Å²) in [6.07, 6.45) is 2.78. The maximum absolute atomic E-state index is 14.3. The molecule has 214 valence electrons. The van der Waals surface area contributed by atoms with Crippen LogP contribution < -0.4 is 10.6 Å². The van der Waals surface area contributed by atoms with E-state index >= 15 is 0 Å². The van der Waals surface area contributed by atoms with Gasteiger partial charge in [-0.15, -0.1) is 0 Å². The SMILES string of the molecule is CC(C)(C)CCC(c1ccc(C(=O)NCCC(=O)O)cc1)N1C(=O)C(c2cc(Cl)cc(Cl)c2)=NC12CCNCC2. The fourth-order valence-corrected chi connectivity index (χ4v) is 5.89. The third-order valence-electron chi connectivity index (χ3n) is 7.39. The molecule has 4 rings (SSSR count). The molecule has 3 N–H and O–H groups in total. The van der Waals surface area contributed by atoms with Gasteiger partial charge in [0.1, 0.15) is 11.4 Å². The fourth-order valence-electron chi connectivity index (χ4n) is 5.36. The molecule has 8 nitrogen and oxygen atoms in total. The first-order valence-electron chi connectivity index (χ1n) is 13.6. The summed E-state index contributed by atoms with van der Waals surface area (Å²) in [5, 5.41) is 15.8. The van der Waals surface area contributed by atoms with E-state index in [1.54, 1.807) is 30.3 Å². The maximum atomic E-state index is 14.3. The Labute approximate surface area is 245 Å². The summed E-state index contributed by atoms with van der Waals surface area (Å²) in [4.78, 5) is 44.7. The first-order chi connectivity index (χ1) is 18.9. The summed E-state index contributed by atoms with van der Waals surface area (Å²) < 4.78 is 0. The summed E-state index contributed by atoms with van der Waals surface area (Å²) in [6.45, 7) is 8.05. The Morgan fingerprint density at radius 3 is 2.30 bits per heavy atom. The molecule has 0 bridgehead atoms. The molecule has 2 heterocycles. The molecule has 0 radical (unpaired) electrons. The van der Waals surface area contributed by atoms with Crippen LogP contribution in [0.15, 0.2) is 47.5 Å². The predicted molar refractivity (Wildman–Crippen MR) is 157 cm³/mol. The molecule has 2 aliphatic rings. The van der Waals surface area contributed by atoms with Gasteiger partial charge in [0.05, 0.1) is 12.5 Å². The van der Waals surface area contributed by atoms with Gasteiger partial charge in [0.15, 0.2) is 0 Å². The molecular weight excluding hydrogens is 551 g/mol. The number of carbonyl (C=O) groups excluding carboxylic acids is 2. The van der Waals surface area contributed by atoms with Crippen LogP contribution in [0.4, 0.5) is 0 Å². The van der Waals surface area contributed by atoms with Crippen molar-refractivity contribution >= 4 is 46.7 Å². The number of nitrogens with one attached hydrogen (secondary N) is 2. The van der Waals surface area contributed by atoms with Gasteiger partial charge in [-0.2, -0.15) is 0 Å². The Bertz CT molecular complexity index is 1280. The van der Waals surface area contributed by atoms with E-state index in [-0.39, 0.29) is 36.2 Å². The predicted octanol–water partition coefficient (Wildman–Crippen LogP) is 5.48. The van der Waals surface area contributed by atoms with Crippen LogP contribution in [-0.4, -0.2) is 58.8 Å². The summed E-state index contributed by atoms with van der Waals surface area (Å²) in [7, 11) is 0. The number of hydrogen-bond donors (Lipinski definition) is 3. The van der Waals surface area contributed by atoms with Gasteiger partial charge in [0.25, 0.3) is 11.8 Å². The second kappa shape index (κ2) is 12.3. The fraction of sp³-hybridized carbons (Fsp3) is 0.467. The number of amides is 2. The molecule has 1 atom stereocenters. The normalized spacial score (nSPS) is 17.6. The Balaban J connectivity index is 1.70. The second-order valence-electron chi connectivity index (χ2n) is 11.7. The van der Waals surface area contributed by atoms with E-state index in [1.165, 1.54) is 0 Å². The summed E-state index contributed by atoms with van der Waals surface area (Å²) in [5.74, 6) is -1.47. The number of carboxylic acid groups (broad SMARTS) is 1. The molecule has 1 saturated heterocycles. The quantitative estimate of drug-likeness (QED) is 0.360. The van der Waals surface area contributed by atoms with Crippen molar-refractivity contribution in [2.24, 2.45) is 10.4 Å². The number of carbonyl (C=O) groups is 3. The molecule has 0 aliphatic carbocycles. The number of aliphatic imine (C=N–C) groups is 1. The summed E-state index contributed by atoms with van der Waals surface area (Å²) in [5.41, 5.74) is 1.64. The molecule has 0 aromatic heterocycles. The van der Waals surface area contributed by atoms with Crippen molar-refractivity contribution in [2.75, 3.05) is 19.6 Å². The Morgan fingerprint density at radius 1 is 1.10 bits per heavy atom. The van der Waals surface area contributed by atoms with Crippen molar-refractivity contribution in [3.05, 3.63) is 69.2 Å². The van der Waals surface area contributed by atoms with Crippen molar-refractivity contribution in [1.29, 1.82) is 0 Å². The van der Waals surface area contributed by atoms with Gasteiger partial charge in [-0.3, -0.25) is 19.4 Å². The van der Waals surface area contributed by atoms with Crippen LogP contribution >= 0.6 is 23.2 Å². The topological polar surface area (TPSA) is 111 Å². The van der Waals surface area contributed by atoms with Gasteiger partial charge < -0.3 is 20.6 Å². The molecule has 10 heteroatoms. The van der Waals surface area contributed by atoms with E-state index in [0.717, 1.165) is 25.1 Å². The largest absolute Gasteiger partial charge is 0.481 e. The highest BCUT2D eigenvalue weighted by molar-refractivity contribution is 6.47. The van der Waals surface area contributed by atoms with Crippen LogP contribution in [0.5, 0.6) is 0 Å². The van der Waals surface area contributed by atoms with Crippen LogP contribution in [0.1, 0.15) is 80.4 Å². The molecule has 1 unspecified atom stereocenters. The lowest BCUT2D eigenvalue weighted by Gasteiger charge is -2.44. The van der Waals surface area contributed by atoms with E-state index in [0.29, 0.717) is 46.1 Å². The Morgan fingerprint density at radius 2 is 1.73 bits per heavy atom. The van der Waals surface area contributed by atoms with Crippen LogP contribution in [0.3, 0.4) is 0 Å². The van der Waals surface area contributed by atoms with Gasteiger partial charge in [-0.1, -0.05) is 56.1 Å². The zero-order valence-electron chi connectivity index (χ0n) is 23.1. The molecule has 40 heavy (non-hydrogen) atoms. The van der Waals surface area contributed by atoms with Crippen molar-refractivity contribution in [3.63, 3.8) is 0 Å². The highest BCUT2D eigenvalue weighted by Gasteiger charge is 2.51. The van der Waals surface area contributed by atoms with E-state index in [4.69, 9.17) is 33.3 Å². The van der Waals surface area contributed by atoms with E-state index < -0.39 is 11.6 Å². The molecule has 2 aliphatic heterocycles. The van der Waals surface area contributed by atoms with Crippen molar-refractivity contribution in [3.8, 4) is 0 Å². The van der Waals surface area contributed by atoms with Crippen molar-refractivity contribution in [1.82, 2.24) is 15.5 Å². The zero-order chi connectivity index (χ0) is 29.1. The third-order valence-corrected chi connectivity index (χ3v) is 7.83. The van der Waals surface area contributed by atoms with Gasteiger partial charge in [0, 0.05) is 40.6 Å². The Hall–Kier alpha value is -2.94. The van der Waals surface area contributed by atoms with Crippen LogP contribution in [0.2, 0.25) is 10.0 Å². The average Bonchev–Trinajstić information content (AvgIpc) is 3.15. The molecular formula is C30H36Cl2N4O4. The summed E-state index contributed by atoms with van der Waals surface area (Å²) >= 11 is 12.6. The number of halogens is 2. The standard InChI is InChI=1S/C30H36Cl2N4O4/c1-29(2,3)10-8-24(19-4-6-20(7-5-19)27(39)34-13-9-25(37)38)36-28(40)26(21-16-22(31)18-23(32)17-21)35-30(36)11-14-33-15-12-30/h4-7,16-18,24,33H,8-15H2,1-3H3,(H,34,39)(H,37,38). The smallest absolute Gasteiger partial charge is 0.305 e. The second-order valence-corrected chi connectivity index (χ2v) is 12.5. The average molecular weight is 588 g/mol. The molecule has 1 spiro atoms. The number of aliphatic carboxylic acids is 1. The summed E-state index contributed by atoms with van der Waals surface area (Å²) in [6, 6.07) is 12.0. The van der Waals surface area contributed by atoms with Gasteiger partial charge in [-0.05, 0) is 67.2 Å². The number of nitrogens with zero attached hydrogens (tertiary/aromatic N) is 2. The minimum atomic E-state index is -0.971. The third kappa shape index (κ3) is 7.03. The lowest BCUT2D eigenvalue weighted by atomic mass is 9.85. The maximum Gasteiger partial charge on any atom is 0.305 e. The van der Waals surface area contributed by atoms with Gasteiger partial charge >= 0.3 is 5.97 Å². The molecule has 1 fully saturated rings. The van der Waals surface area contributed by atoms with Crippen molar-refractivity contribution in [2.45, 2.75) is 64.6 Å². The minimum absolute atomic E-state index is 0.0381. The molecule has 2 amide bonds. The zero-order valence-corrected chi connectivity index (χ0v) is 24.6. The first-order valence-corrected chi connectivity index (χ1v) is 14.3. The van der Waals surface area contributed by atoms with Crippen LogP contribution in [0.25, 0.3) is 0 Å². The number of rotatable bonds is 9. The highest BCUT2D eigenvalue weighted by Crippen LogP contribution is 2.44. The van der Waals surface area contributed by atoms with Crippen LogP contribution in [-0.2, 0) is 9.59 Å².